The molecule has 0 bridgehead atoms. The van der Waals surface area contributed by atoms with Crippen LogP contribution >= 0.6 is 0 Å². The van der Waals surface area contributed by atoms with Gasteiger partial charge in [0.05, 0.1) is 10.5 Å². The molecule has 0 radical (unpaired) electrons. The number of anilines is 1. The molecule has 1 atom stereocenters. The number of nitro benzene ring substituents is 1. The van der Waals surface area contributed by atoms with Crippen molar-refractivity contribution in [2.75, 3.05) is 31.1 Å². The van der Waals surface area contributed by atoms with Gasteiger partial charge in [0, 0.05) is 43.9 Å². The molecule has 7 heteroatoms. The van der Waals surface area contributed by atoms with Gasteiger partial charge in [0.15, 0.2) is 5.78 Å². The SMILES string of the molecule is CC(=O)c1ccc(N2CCN(CC(C)(C)O)CC2C)c([N+](=O)[O-])c1. The molecule has 1 saturated heterocycles. The Kier molecular flexibility index (Phi) is 5.25. The first-order valence-electron chi connectivity index (χ1n) is 8.09. The molecular weight excluding hydrogens is 310 g/mol. The summed E-state index contributed by atoms with van der Waals surface area (Å²) >= 11 is 0. The highest BCUT2D eigenvalue weighted by Crippen LogP contribution is 2.32. The average Bonchev–Trinajstić information content (AvgIpc) is 2.45. The van der Waals surface area contributed by atoms with E-state index in [1.54, 1.807) is 26.0 Å². The molecule has 1 aliphatic rings. The second-order valence-electron chi connectivity index (χ2n) is 7.11. The van der Waals surface area contributed by atoms with Crippen molar-refractivity contribution in [3.8, 4) is 0 Å². The fourth-order valence-corrected chi connectivity index (χ4v) is 3.21. The molecule has 0 amide bonds. The van der Waals surface area contributed by atoms with E-state index in [9.17, 15) is 20.0 Å². The maximum Gasteiger partial charge on any atom is 0.293 e. The van der Waals surface area contributed by atoms with Crippen molar-refractivity contribution in [2.45, 2.75) is 39.3 Å². The van der Waals surface area contributed by atoms with Crippen molar-refractivity contribution < 1.29 is 14.8 Å². The van der Waals surface area contributed by atoms with Gasteiger partial charge >= 0.3 is 0 Å². The molecule has 1 heterocycles. The van der Waals surface area contributed by atoms with Crippen LogP contribution in [0.5, 0.6) is 0 Å². The third-order valence-electron chi connectivity index (χ3n) is 4.21. The van der Waals surface area contributed by atoms with Gasteiger partial charge in [0.1, 0.15) is 5.69 Å². The lowest BCUT2D eigenvalue weighted by atomic mass is 10.0. The molecule has 1 unspecified atom stereocenters. The molecular formula is C17H25N3O4. The van der Waals surface area contributed by atoms with E-state index in [1.165, 1.54) is 13.0 Å². The Morgan fingerprint density at radius 2 is 2.08 bits per heavy atom. The van der Waals surface area contributed by atoms with Gasteiger partial charge in [-0.15, -0.1) is 0 Å². The van der Waals surface area contributed by atoms with Crippen molar-refractivity contribution in [3.63, 3.8) is 0 Å². The number of nitrogens with zero attached hydrogens (tertiary/aromatic N) is 3. The number of hydrogen-bond acceptors (Lipinski definition) is 6. The molecule has 7 nitrogen and oxygen atoms in total. The zero-order valence-corrected chi connectivity index (χ0v) is 14.7. The third kappa shape index (κ3) is 4.30. The smallest absolute Gasteiger partial charge is 0.293 e. The monoisotopic (exact) mass is 335 g/mol. The Labute approximate surface area is 142 Å². The molecule has 0 aliphatic carbocycles. The third-order valence-corrected chi connectivity index (χ3v) is 4.21. The zero-order valence-electron chi connectivity index (χ0n) is 14.7. The van der Waals surface area contributed by atoms with Crippen molar-refractivity contribution in [3.05, 3.63) is 33.9 Å². The largest absolute Gasteiger partial charge is 0.389 e. The number of Topliss-reactive ketones (excluding diaryl/α,β-unsaturated/α-hetero) is 1. The van der Waals surface area contributed by atoms with Gasteiger partial charge in [0.2, 0.25) is 0 Å². The summed E-state index contributed by atoms with van der Waals surface area (Å²) in [5.74, 6) is -0.187. The lowest BCUT2D eigenvalue weighted by molar-refractivity contribution is -0.384. The summed E-state index contributed by atoms with van der Waals surface area (Å²) in [6, 6.07) is 4.73. The average molecular weight is 335 g/mol. The first-order valence-corrected chi connectivity index (χ1v) is 8.09. The minimum atomic E-state index is -0.767. The lowest BCUT2D eigenvalue weighted by Crippen LogP contribution is -2.55. The molecule has 0 aromatic heterocycles. The molecule has 0 saturated carbocycles. The summed E-state index contributed by atoms with van der Waals surface area (Å²) in [6.07, 6.45) is 0. The van der Waals surface area contributed by atoms with Crippen molar-refractivity contribution in [1.29, 1.82) is 0 Å². The van der Waals surface area contributed by atoms with Gasteiger partial charge in [-0.05, 0) is 39.8 Å². The summed E-state index contributed by atoms with van der Waals surface area (Å²) in [5, 5.41) is 21.4. The second kappa shape index (κ2) is 6.86. The Bertz CT molecular complexity index is 639. The number of nitro groups is 1. The van der Waals surface area contributed by atoms with E-state index in [4.69, 9.17) is 0 Å². The second-order valence-corrected chi connectivity index (χ2v) is 7.11. The summed E-state index contributed by atoms with van der Waals surface area (Å²) < 4.78 is 0. The topological polar surface area (TPSA) is 86.9 Å². The maximum absolute atomic E-state index is 11.5. The molecule has 1 aromatic rings. The molecule has 0 spiro atoms. The standard InChI is InChI=1S/C17H25N3O4/c1-12-10-18(11-17(3,4)22)7-8-19(12)15-6-5-14(13(2)21)9-16(15)20(23)24/h5-6,9,12,22H,7-8,10-11H2,1-4H3. The van der Waals surface area contributed by atoms with Gasteiger partial charge in [-0.1, -0.05) is 0 Å². The minimum absolute atomic E-state index is 0.0366. The van der Waals surface area contributed by atoms with Crippen LogP contribution in [0.15, 0.2) is 18.2 Å². The number of rotatable bonds is 5. The van der Waals surface area contributed by atoms with Crippen LogP contribution in [0.1, 0.15) is 38.1 Å². The van der Waals surface area contributed by atoms with Gasteiger partial charge < -0.3 is 10.0 Å². The van der Waals surface area contributed by atoms with Crippen LogP contribution in [0.3, 0.4) is 0 Å². The van der Waals surface area contributed by atoms with Crippen LogP contribution < -0.4 is 4.90 Å². The van der Waals surface area contributed by atoms with Crippen LogP contribution in [0.4, 0.5) is 11.4 Å². The summed E-state index contributed by atoms with van der Waals surface area (Å²) in [5.41, 5.74) is 0.0847. The summed E-state index contributed by atoms with van der Waals surface area (Å²) in [7, 11) is 0. The lowest BCUT2D eigenvalue weighted by Gasteiger charge is -2.42. The van der Waals surface area contributed by atoms with Gasteiger partial charge in [0.25, 0.3) is 5.69 Å². The number of hydrogen-bond donors (Lipinski definition) is 1. The van der Waals surface area contributed by atoms with Crippen LogP contribution in [-0.4, -0.2) is 58.5 Å². The van der Waals surface area contributed by atoms with E-state index >= 15 is 0 Å². The van der Waals surface area contributed by atoms with E-state index in [-0.39, 0.29) is 17.5 Å². The predicted octanol–water partition coefficient (Wildman–Crippen LogP) is 2.08. The summed E-state index contributed by atoms with van der Waals surface area (Å²) in [4.78, 5) is 26.6. The number of carbonyl (C=O) groups is 1. The number of ketones is 1. The predicted molar refractivity (Wildman–Crippen MR) is 92.6 cm³/mol. The molecule has 2 rings (SSSR count). The first kappa shape index (κ1) is 18.4. The zero-order chi connectivity index (χ0) is 18.1. The van der Waals surface area contributed by atoms with E-state index in [0.717, 1.165) is 13.1 Å². The maximum atomic E-state index is 11.5. The number of benzene rings is 1. The minimum Gasteiger partial charge on any atom is -0.389 e. The molecule has 1 aromatic carbocycles. The highest BCUT2D eigenvalue weighted by atomic mass is 16.6. The van der Waals surface area contributed by atoms with Crippen LogP contribution in [0.25, 0.3) is 0 Å². The normalized spacial score (nSPS) is 19.4. The van der Waals surface area contributed by atoms with Gasteiger partial charge in [-0.25, -0.2) is 0 Å². The quantitative estimate of drug-likeness (QED) is 0.504. The number of β-amino-alcohol motifs (C(OH)–C–C–N with tert-alkyl or cyclic N) is 1. The van der Waals surface area contributed by atoms with Crippen LogP contribution in [0, 0.1) is 10.1 Å². The first-order chi connectivity index (χ1) is 11.1. The van der Waals surface area contributed by atoms with Gasteiger partial charge in [-0.3, -0.25) is 19.8 Å². The van der Waals surface area contributed by atoms with Crippen LogP contribution in [-0.2, 0) is 0 Å². The molecule has 1 aliphatic heterocycles. The number of carbonyl (C=O) groups excluding carboxylic acids is 1. The fourth-order valence-electron chi connectivity index (χ4n) is 3.21. The van der Waals surface area contributed by atoms with E-state index < -0.39 is 10.5 Å². The molecule has 132 valence electrons. The Morgan fingerprint density at radius 3 is 2.58 bits per heavy atom. The van der Waals surface area contributed by atoms with E-state index in [0.29, 0.717) is 24.3 Å². The highest BCUT2D eigenvalue weighted by Gasteiger charge is 2.30. The Hall–Kier alpha value is -1.99. The summed E-state index contributed by atoms with van der Waals surface area (Å²) in [6.45, 7) is 9.60. The van der Waals surface area contributed by atoms with E-state index in [2.05, 4.69) is 4.90 Å². The van der Waals surface area contributed by atoms with Gasteiger partial charge in [-0.2, -0.15) is 0 Å². The van der Waals surface area contributed by atoms with Crippen molar-refractivity contribution in [1.82, 2.24) is 4.90 Å². The van der Waals surface area contributed by atoms with Crippen LogP contribution in [0.2, 0.25) is 0 Å². The van der Waals surface area contributed by atoms with Crippen molar-refractivity contribution >= 4 is 17.2 Å². The molecule has 1 fully saturated rings. The number of piperazine rings is 1. The van der Waals surface area contributed by atoms with Crippen molar-refractivity contribution in [2.24, 2.45) is 0 Å². The fraction of sp³-hybridized carbons (Fsp3) is 0.588. The van der Waals surface area contributed by atoms with E-state index in [1.807, 2.05) is 11.8 Å². The Balaban J connectivity index is 2.23. The number of aliphatic hydroxyl groups is 1. The Morgan fingerprint density at radius 1 is 1.42 bits per heavy atom. The molecule has 1 N–H and O–H groups in total. The molecule has 24 heavy (non-hydrogen) atoms. The highest BCUT2D eigenvalue weighted by molar-refractivity contribution is 5.95.